The van der Waals surface area contributed by atoms with Crippen molar-refractivity contribution in [3.63, 3.8) is 0 Å². The van der Waals surface area contributed by atoms with Gasteiger partial charge in [-0.3, -0.25) is 9.36 Å². The molecular weight excluding hydrogens is 400 g/mol. The van der Waals surface area contributed by atoms with E-state index in [1.807, 2.05) is 17.5 Å². The third-order valence-electron chi connectivity index (χ3n) is 5.13. The fourth-order valence-corrected chi connectivity index (χ4v) is 4.39. The summed E-state index contributed by atoms with van der Waals surface area (Å²) in [5, 5.41) is 11.6. The summed E-state index contributed by atoms with van der Waals surface area (Å²) in [6, 6.07) is 11.2. The molecule has 0 spiro atoms. The maximum Gasteiger partial charge on any atom is 0.371 e. The van der Waals surface area contributed by atoms with Gasteiger partial charge in [-0.2, -0.15) is 0 Å². The zero-order valence-corrected chi connectivity index (χ0v) is 18.0. The Bertz CT molecular complexity index is 1300. The molecule has 4 aromatic rings. The lowest BCUT2D eigenvalue weighted by Crippen LogP contribution is -2.24. The molecule has 0 aliphatic heterocycles. The second kappa shape index (κ2) is 7.25. The van der Waals surface area contributed by atoms with E-state index in [2.05, 4.69) is 37.9 Å². The van der Waals surface area contributed by atoms with Gasteiger partial charge in [0, 0.05) is 10.9 Å². The monoisotopic (exact) mass is 422 g/mol. The molecule has 1 aromatic carbocycles. The third-order valence-corrected chi connectivity index (χ3v) is 6.01. The van der Waals surface area contributed by atoms with Gasteiger partial charge in [-0.1, -0.05) is 45.0 Å². The van der Waals surface area contributed by atoms with Gasteiger partial charge in [0.15, 0.2) is 0 Å². The Hall–Kier alpha value is -3.19. The molecule has 154 valence electrons. The number of hydrogen-bond donors (Lipinski definition) is 1. The van der Waals surface area contributed by atoms with E-state index in [9.17, 15) is 9.59 Å². The lowest BCUT2D eigenvalue weighted by Gasteiger charge is -2.19. The number of rotatable bonds is 4. The molecule has 30 heavy (non-hydrogen) atoms. The number of aryl methyl sites for hydroxylation is 1. The highest BCUT2D eigenvalue weighted by atomic mass is 32.1. The standard InChI is InChI=1S/C23H22N2O4S/c1-13-24-20-19(21(26)25(13)11-16-9-10-18(29-16)22(27)28)17(12-30-20)14-5-7-15(8-6-14)23(2,3)4/h5-10,12H,11H2,1-4H3,(H,27,28). The fraction of sp³-hybridized carbons (Fsp3) is 0.261. The Morgan fingerprint density at radius 2 is 1.87 bits per heavy atom. The lowest BCUT2D eigenvalue weighted by atomic mass is 9.86. The summed E-state index contributed by atoms with van der Waals surface area (Å²) in [4.78, 5) is 29.7. The molecule has 0 atom stereocenters. The predicted molar refractivity (Wildman–Crippen MR) is 118 cm³/mol. The van der Waals surface area contributed by atoms with Crippen LogP contribution in [0.5, 0.6) is 0 Å². The van der Waals surface area contributed by atoms with Crippen LogP contribution >= 0.6 is 11.3 Å². The van der Waals surface area contributed by atoms with Crippen molar-refractivity contribution in [1.29, 1.82) is 0 Å². The summed E-state index contributed by atoms with van der Waals surface area (Å²) >= 11 is 1.44. The van der Waals surface area contributed by atoms with Gasteiger partial charge in [-0.25, -0.2) is 9.78 Å². The van der Waals surface area contributed by atoms with Crippen molar-refractivity contribution in [1.82, 2.24) is 9.55 Å². The number of hydrogen-bond acceptors (Lipinski definition) is 5. The zero-order chi connectivity index (χ0) is 21.6. The maximum absolute atomic E-state index is 13.3. The molecular formula is C23H22N2O4S. The SMILES string of the molecule is Cc1nc2scc(-c3ccc(C(C)(C)C)cc3)c2c(=O)n1Cc1ccc(C(=O)O)o1. The molecule has 7 heteroatoms. The minimum absolute atomic E-state index is 0.0540. The van der Waals surface area contributed by atoms with Crippen LogP contribution in [-0.4, -0.2) is 20.6 Å². The van der Waals surface area contributed by atoms with Crippen LogP contribution in [0, 0.1) is 6.92 Å². The molecule has 0 radical (unpaired) electrons. The van der Waals surface area contributed by atoms with Gasteiger partial charge in [0.05, 0.1) is 11.9 Å². The van der Waals surface area contributed by atoms with Crippen LogP contribution in [0.2, 0.25) is 0 Å². The number of carbonyl (C=O) groups is 1. The van der Waals surface area contributed by atoms with Crippen LogP contribution in [0.4, 0.5) is 0 Å². The number of aromatic carboxylic acids is 1. The van der Waals surface area contributed by atoms with E-state index >= 15 is 0 Å². The summed E-state index contributed by atoms with van der Waals surface area (Å²) in [6.45, 7) is 8.38. The first-order valence-electron chi connectivity index (χ1n) is 9.56. The summed E-state index contributed by atoms with van der Waals surface area (Å²) < 4.78 is 6.85. The number of nitrogens with zero attached hydrogens (tertiary/aromatic N) is 2. The molecule has 0 bridgehead atoms. The minimum Gasteiger partial charge on any atom is -0.475 e. The smallest absolute Gasteiger partial charge is 0.371 e. The van der Waals surface area contributed by atoms with Crippen molar-refractivity contribution in [3.8, 4) is 11.1 Å². The Balaban J connectivity index is 1.79. The Kier molecular flexibility index (Phi) is 4.86. The van der Waals surface area contributed by atoms with Crippen LogP contribution in [0.25, 0.3) is 21.3 Å². The van der Waals surface area contributed by atoms with Crippen LogP contribution < -0.4 is 5.56 Å². The number of carboxylic acids is 1. The molecule has 0 unspecified atom stereocenters. The Labute approximate surface area is 177 Å². The van der Waals surface area contributed by atoms with E-state index in [-0.39, 0.29) is 23.3 Å². The van der Waals surface area contributed by atoms with E-state index in [0.717, 1.165) is 11.1 Å². The first-order valence-corrected chi connectivity index (χ1v) is 10.4. The van der Waals surface area contributed by atoms with Crippen LogP contribution in [0.3, 0.4) is 0 Å². The molecule has 0 fully saturated rings. The van der Waals surface area contributed by atoms with Crippen molar-refractivity contribution < 1.29 is 14.3 Å². The number of benzene rings is 1. The lowest BCUT2D eigenvalue weighted by molar-refractivity contribution is 0.0660. The van der Waals surface area contributed by atoms with Crippen molar-refractivity contribution >= 4 is 27.5 Å². The maximum atomic E-state index is 13.3. The van der Waals surface area contributed by atoms with Crippen molar-refractivity contribution in [3.05, 3.63) is 75.0 Å². The normalized spacial score (nSPS) is 11.9. The predicted octanol–water partition coefficient (Wildman–Crippen LogP) is 5.07. The van der Waals surface area contributed by atoms with Crippen molar-refractivity contribution in [2.24, 2.45) is 0 Å². The Morgan fingerprint density at radius 3 is 2.47 bits per heavy atom. The average Bonchev–Trinajstić information content (AvgIpc) is 3.32. The number of thiophene rings is 1. The highest BCUT2D eigenvalue weighted by Crippen LogP contribution is 2.32. The molecule has 4 rings (SSSR count). The zero-order valence-electron chi connectivity index (χ0n) is 17.2. The van der Waals surface area contributed by atoms with Crippen molar-refractivity contribution in [2.75, 3.05) is 0 Å². The van der Waals surface area contributed by atoms with Gasteiger partial charge in [0.2, 0.25) is 5.76 Å². The summed E-state index contributed by atoms with van der Waals surface area (Å²) in [5.41, 5.74) is 2.94. The summed E-state index contributed by atoms with van der Waals surface area (Å²) in [7, 11) is 0. The largest absolute Gasteiger partial charge is 0.475 e. The van der Waals surface area contributed by atoms with E-state index in [1.165, 1.54) is 27.5 Å². The van der Waals surface area contributed by atoms with E-state index in [4.69, 9.17) is 9.52 Å². The number of furan rings is 1. The highest BCUT2D eigenvalue weighted by molar-refractivity contribution is 7.17. The average molecular weight is 423 g/mol. The van der Waals surface area contributed by atoms with Gasteiger partial charge in [-0.15, -0.1) is 11.3 Å². The Morgan fingerprint density at radius 1 is 1.17 bits per heavy atom. The molecule has 1 N–H and O–H groups in total. The van der Waals surface area contributed by atoms with Crippen molar-refractivity contribution in [2.45, 2.75) is 39.7 Å². The molecule has 3 heterocycles. The first-order chi connectivity index (χ1) is 14.1. The summed E-state index contributed by atoms with van der Waals surface area (Å²) in [5.74, 6) is -0.347. The molecule has 0 aliphatic carbocycles. The molecule has 0 saturated carbocycles. The van der Waals surface area contributed by atoms with Gasteiger partial charge >= 0.3 is 5.97 Å². The molecule has 0 amide bonds. The summed E-state index contributed by atoms with van der Waals surface area (Å²) in [6.07, 6.45) is 0. The number of carboxylic acid groups (broad SMARTS) is 1. The molecule has 0 aliphatic rings. The van der Waals surface area contributed by atoms with Gasteiger partial charge < -0.3 is 9.52 Å². The molecule has 3 aromatic heterocycles. The highest BCUT2D eigenvalue weighted by Gasteiger charge is 2.18. The second-order valence-electron chi connectivity index (χ2n) is 8.28. The van der Waals surface area contributed by atoms with Gasteiger partial charge in [-0.05, 0) is 35.6 Å². The van der Waals surface area contributed by atoms with Gasteiger partial charge in [0.25, 0.3) is 5.56 Å². The first kappa shape index (κ1) is 20.1. The van der Waals surface area contributed by atoms with E-state index in [0.29, 0.717) is 21.8 Å². The van der Waals surface area contributed by atoms with E-state index in [1.54, 1.807) is 13.0 Å². The van der Waals surface area contributed by atoms with Crippen LogP contribution in [0.15, 0.2) is 51.0 Å². The minimum atomic E-state index is -1.14. The van der Waals surface area contributed by atoms with Gasteiger partial charge in [0.1, 0.15) is 16.4 Å². The van der Waals surface area contributed by atoms with Crippen LogP contribution in [0.1, 0.15) is 48.5 Å². The third kappa shape index (κ3) is 3.57. The molecule has 6 nitrogen and oxygen atoms in total. The second-order valence-corrected chi connectivity index (χ2v) is 9.14. The number of fused-ring (bicyclic) bond motifs is 1. The number of aromatic nitrogens is 2. The molecule has 0 saturated heterocycles. The topological polar surface area (TPSA) is 85.3 Å². The fourth-order valence-electron chi connectivity index (χ4n) is 3.41. The van der Waals surface area contributed by atoms with E-state index < -0.39 is 5.97 Å². The quantitative estimate of drug-likeness (QED) is 0.496. The van der Waals surface area contributed by atoms with Crippen LogP contribution in [-0.2, 0) is 12.0 Å².